The maximum absolute atomic E-state index is 14.1. The van der Waals surface area contributed by atoms with Crippen LogP contribution in [0.4, 0.5) is 0 Å². The van der Waals surface area contributed by atoms with E-state index in [0.29, 0.717) is 5.92 Å². The quantitative estimate of drug-likeness (QED) is 0.0828. The van der Waals surface area contributed by atoms with Crippen molar-refractivity contribution in [1.29, 1.82) is 0 Å². The molecule has 0 saturated heterocycles. The van der Waals surface area contributed by atoms with Gasteiger partial charge in [0, 0.05) is 23.5 Å². The molecule has 2 aliphatic carbocycles. The Kier molecular flexibility index (Phi) is 11.0. The average Bonchev–Trinajstić information content (AvgIpc) is 3.31. The SMILES string of the molecule is CCCCC1(CCCC)c2cc(C(=O)c3c(C)cc(C)cc3C)ccc2-c2ccc(/C(CCC3CCCCC3)=N\OC(C)=O)cc21. The predicted molar refractivity (Wildman–Crippen MR) is 190 cm³/mol. The molecule has 0 aromatic heterocycles. The summed E-state index contributed by atoms with van der Waals surface area (Å²) in [4.78, 5) is 31.3. The second kappa shape index (κ2) is 14.9. The highest BCUT2D eigenvalue weighted by Crippen LogP contribution is 2.54. The van der Waals surface area contributed by atoms with Crippen LogP contribution in [0.1, 0.15) is 154 Å². The van der Waals surface area contributed by atoms with Crippen LogP contribution in [0.15, 0.2) is 53.7 Å². The molecule has 4 nitrogen and oxygen atoms in total. The third-order valence-corrected chi connectivity index (χ3v) is 10.6. The van der Waals surface area contributed by atoms with Gasteiger partial charge in [0.2, 0.25) is 0 Å². The molecule has 5 rings (SSSR count). The molecule has 1 fully saturated rings. The van der Waals surface area contributed by atoms with Gasteiger partial charge in [0.15, 0.2) is 5.78 Å². The van der Waals surface area contributed by atoms with E-state index in [2.05, 4.69) is 68.4 Å². The van der Waals surface area contributed by atoms with Crippen molar-refractivity contribution in [2.75, 3.05) is 0 Å². The van der Waals surface area contributed by atoms with Crippen molar-refractivity contribution in [3.63, 3.8) is 0 Å². The van der Waals surface area contributed by atoms with Gasteiger partial charge >= 0.3 is 5.97 Å². The maximum Gasteiger partial charge on any atom is 0.331 e. The monoisotopic (exact) mass is 619 g/mol. The Morgan fingerprint density at radius 3 is 1.93 bits per heavy atom. The first-order valence-corrected chi connectivity index (χ1v) is 17.8. The average molecular weight is 620 g/mol. The zero-order chi connectivity index (χ0) is 32.8. The van der Waals surface area contributed by atoms with E-state index >= 15 is 0 Å². The summed E-state index contributed by atoms with van der Waals surface area (Å²) in [5.74, 6) is 0.424. The minimum absolute atomic E-state index is 0.104. The van der Waals surface area contributed by atoms with Gasteiger partial charge in [-0.3, -0.25) is 4.79 Å². The number of benzene rings is 3. The Labute approximate surface area is 277 Å². The molecule has 0 amide bonds. The number of oxime groups is 1. The molecule has 0 spiro atoms. The topological polar surface area (TPSA) is 55.7 Å². The van der Waals surface area contributed by atoms with Crippen LogP contribution in [0, 0.1) is 26.7 Å². The van der Waals surface area contributed by atoms with Crippen LogP contribution in [0.2, 0.25) is 0 Å². The summed E-state index contributed by atoms with van der Waals surface area (Å²) >= 11 is 0. The van der Waals surface area contributed by atoms with E-state index in [1.165, 1.54) is 66.8 Å². The normalized spacial score (nSPS) is 15.8. The summed E-state index contributed by atoms with van der Waals surface area (Å²) in [6, 6.07) is 17.4. The second-order valence-corrected chi connectivity index (χ2v) is 14.1. The molecule has 3 aromatic rings. The molecule has 2 aliphatic rings. The van der Waals surface area contributed by atoms with E-state index in [9.17, 15) is 9.59 Å². The standard InChI is InChI=1S/C42H53NO3/c1-7-9-22-42(23-10-8-2)37-26-33(39(43-46-31(6)44)21-16-32-14-12-11-13-15-32)17-19-35(37)36-20-18-34(27-38(36)42)41(45)40-29(4)24-28(3)25-30(40)5/h17-20,24-27,32H,7-16,21-23H2,1-6H3/b43-39-. The van der Waals surface area contributed by atoms with Crippen LogP contribution in [-0.4, -0.2) is 17.5 Å². The van der Waals surface area contributed by atoms with Crippen molar-refractivity contribution in [2.24, 2.45) is 11.1 Å². The van der Waals surface area contributed by atoms with E-state index < -0.39 is 0 Å². The fourth-order valence-electron chi connectivity index (χ4n) is 8.30. The molecule has 0 unspecified atom stereocenters. The smallest absolute Gasteiger partial charge is 0.318 e. The van der Waals surface area contributed by atoms with Crippen LogP contribution in [0.5, 0.6) is 0 Å². The molecular weight excluding hydrogens is 566 g/mol. The summed E-state index contributed by atoms with van der Waals surface area (Å²) in [5, 5.41) is 4.44. The Balaban J connectivity index is 1.60. The fourth-order valence-corrected chi connectivity index (χ4v) is 8.30. The first kappa shape index (κ1) is 33.8. The highest BCUT2D eigenvalue weighted by molar-refractivity contribution is 6.11. The van der Waals surface area contributed by atoms with Gasteiger partial charge in [-0.2, -0.15) is 0 Å². The van der Waals surface area contributed by atoms with Crippen molar-refractivity contribution >= 4 is 17.5 Å². The van der Waals surface area contributed by atoms with Gasteiger partial charge in [-0.1, -0.05) is 119 Å². The Hall–Kier alpha value is -3.53. The lowest BCUT2D eigenvalue weighted by atomic mass is 9.70. The number of hydrogen-bond acceptors (Lipinski definition) is 4. The predicted octanol–water partition coefficient (Wildman–Crippen LogP) is 11.1. The Morgan fingerprint density at radius 2 is 1.37 bits per heavy atom. The highest BCUT2D eigenvalue weighted by atomic mass is 16.7. The molecule has 3 aromatic carbocycles. The van der Waals surface area contributed by atoms with Gasteiger partial charge in [-0.05, 0) is 103 Å². The maximum atomic E-state index is 14.1. The van der Waals surface area contributed by atoms with Crippen LogP contribution < -0.4 is 0 Å². The van der Waals surface area contributed by atoms with E-state index in [4.69, 9.17) is 4.84 Å². The first-order valence-electron chi connectivity index (χ1n) is 17.8. The van der Waals surface area contributed by atoms with Crippen LogP contribution >= 0.6 is 0 Å². The summed E-state index contributed by atoms with van der Waals surface area (Å²) in [5.41, 5.74) is 11.7. The molecule has 0 radical (unpaired) electrons. The van der Waals surface area contributed by atoms with E-state index in [1.54, 1.807) is 0 Å². The van der Waals surface area contributed by atoms with E-state index in [0.717, 1.165) is 84.9 Å². The number of aryl methyl sites for hydroxylation is 3. The summed E-state index contributed by atoms with van der Waals surface area (Å²) in [6.45, 7) is 12.1. The minimum atomic E-state index is -0.389. The lowest BCUT2D eigenvalue weighted by Gasteiger charge is -2.33. The number of hydrogen-bond donors (Lipinski definition) is 0. The van der Waals surface area contributed by atoms with Crippen molar-refractivity contribution in [2.45, 2.75) is 130 Å². The molecule has 244 valence electrons. The van der Waals surface area contributed by atoms with Crippen molar-refractivity contribution < 1.29 is 14.4 Å². The van der Waals surface area contributed by atoms with E-state index in [1.807, 2.05) is 19.9 Å². The third kappa shape index (κ3) is 7.06. The molecule has 0 N–H and O–H groups in total. The molecule has 0 bridgehead atoms. The van der Waals surface area contributed by atoms with Gasteiger partial charge in [-0.25, -0.2) is 4.79 Å². The summed E-state index contributed by atoms with van der Waals surface area (Å²) in [7, 11) is 0. The molecule has 0 atom stereocenters. The number of rotatable bonds is 13. The highest BCUT2D eigenvalue weighted by Gasteiger charge is 2.43. The molecule has 1 saturated carbocycles. The third-order valence-electron chi connectivity index (χ3n) is 10.6. The summed E-state index contributed by atoms with van der Waals surface area (Å²) in [6.07, 6.45) is 14.9. The zero-order valence-corrected chi connectivity index (χ0v) is 29.1. The Morgan fingerprint density at radius 1 is 0.804 bits per heavy atom. The first-order chi connectivity index (χ1) is 22.2. The van der Waals surface area contributed by atoms with Gasteiger partial charge in [0.1, 0.15) is 0 Å². The largest absolute Gasteiger partial charge is 0.331 e. The lowest BCUT2D eigenvalue weighted by molar-refractivity contribution is -0.140. The van der Waals surface area contributed by atoms with Gasteiger partial charge in [0.25, 0.3) is 0 Å². The molecule has 0 heterocycles. The Bertz CT molecular complexity index is 1580. The van der Waals surface area contributed by atoms with Crippen molar-refractivity contribution in [1.82, 2.24) is 0 Å². The summed E-state index contributed by atoms with van der Waals surface area (Å²) < 4.78 is 0. The molecule has 4 heteroatoms. The van der Waals surface area contributed by atoms with Crippen LogP contribution in [-0.2, 0) is 15.0 Å². The molecule has 46 heavy (non-hydrogen) atoms. The zero-order valence-electron chi connectivity index (χ0n) is 29.1. The number of unbranched alkanes of at least 4 members (excludes halogenated alkanes) is 2. The number of ketones is 1. The van der Waals surface area contributed by atoms with Crippen LogP contribution in [0.3, 0.4) is 0 Å². The number of nitrogens with zero attached hydrogens (tertiary/aromatic N) is 1. The van der Waals surface area contributed by atoms with Crippen molar-refractivity contribution in [3.8, 4) is 11.1 Å². The number of fused-ring (bicyclic) bond motifs is 3. The molecular formula is C42H53NO3. The fraction of sp³-hybridized carbons (Fsp3) is 0.500. The second-order valence-electron chi connectivity index (χ2n) is 14.1. The lowest BCUT2D eigenvalue weighted by Crippen LogP contribution is -2.26. The van der Waals surface area contributed by atoms with Gasteiger partial charge < -0.3 is 4.84 Å². The van der Waals surface area contributed by atoms with Crippen LogP contribution in [0.25, 0.3) is 11.1 Å². The van der Waals surface area contributed by atoms with Gasteiger partial charge in [-0.15, -0.1) is 0 Å². The van der Waals surface area contributed by atoms with Gasteiger partial charge in [0.05, 0.1) is 5.71 Å². The number of carbonyl (C=O) groups is 2. The van der Waals surface area contributed by atoms with Crippen molar-refractivity contribution in [3.05, 3.63) is 93.0 Å². The van der Waals surface area contributed by atoms with E-state index in [-0.39, 0.29) is 17.2 Å². The molecule has 0 aliphatic heterocycles. The minimum Gasteiger partial charge on any atom is -0.318 e. The number of carbonyl (C=O) groups excluding carboxylic acids is 2.